The zero-order valence-corrected chi connectivity index (χ0v) is 17.7. The number of pyridine rings is 1. The molecule has 2 N–H and O–H groups in total. The first-order valence-electron chi connectivity index (χ1n) is 10.2. The van der Waals surface area contributed by atoms with E-state index in [9.17, 15) is 14.0 Å². The van der Waals surface area contributed by atoms with Gasteiger partial charge in [0.05, 0.1) is 30.6 Å². The van der Waals surface area contributed by atoms with Gasteiger partial charge >= 0.3 is 12.1 Å². The van der Waals surface area contributed by atoms with Gasteiger partial charge in [0.1, 0.15) is 11.4 Å². The fourth-order valence-electron chi connectivity index (χ4n) is 3.32. The minimum atomic E-state index is -0.521. The summed E-state index contributed by atoms with van der Waals surface area (Å²) in [5, 5.41) is 6.27. The Kier molecular flexibility index (Phi) is 8.22. The molecule has 1 aliphatic carbocycles. The molecule has 0 spiro atoms. The summed E-state index contributed by atoms with van der Waals surface area (Å²) in [6.45, 7) is 7.59. The summed E-state index contributed by atoms with van der Waals surface area (Å²) in [7, 11) is 0. The molecule has 0 aliphatic heterocycles. The van der Waals surface area contributed by atoms with Crippen LogP contribution in [0.2, 0.25) is 0 Å². The number of carbonyl (C=O) groups excluding carboxylic acids is 2. The fourth-order valence-corrected chi connectivity index (χ4v) is 3.32. The van der Waals surface area contributed by atoms with E-state index in [2.05, 4.69) is 15.6 Å². The summed E-state index contributed by atoms with van der Waals surface area (Å²) in [6.07, 6.45) is 4.61. The maximum absolute atomic E-state index is 13.7. The first kappa shape index (κ1) is 22.9. The van der Waals surface area contributed by atoms with E-state index in [0.29, 0.717) is 24.4 Å². The van der Waals surface area contributed by atoms with E-state index in [4.69, 9.17) is 9.47 Å². The summed E-state index contributed by atoms with van der Waals surface area (Å²) >= 11 is 0. The topological polar surface area (TPSA) is 89.5 Å². The highest BCUT2D eigenvalue weighted by atomic mass is 19.1. The van der Waals surface area contributed by atoms with Gasteiger partial charge in [-0.1, -0.05) is 0 Å². The zero-order valence-electron chi connectivity index (χ0n) is 17.7. The predicted molar refractivity (Wildman–Crippen MR) is 108 cm³/mol. The third-order valence-electron chi connectivity index (χ3n) is 4.62. The third-order valence-corrected chi connectivity index (χ3v) is 4.62. The molecular formula is C21H32FN3O4. The number of nitrogens with zero attached hydrogens (tertiary/aromatic N) is 1. The quantitative estimate of drug-likeness (QED) is 0.663. The molecule has 0 atom stereocenters. The minimum Gasteiger partial charge on any atom is -0.466 e. The molecule has 1 fully saturated rings. The second-order valence-electron chi connectivity index (χ2n) is 8.29. The van der Waals surface area contributed by atoms with E-state index in [-0.39, 0.29) is 24.5 Å². The molecule has 1 aromatic rings. The summed E-state index contributed by atoms with van der Waals surface area (Å²) < 4.78 is 24.0. The van der Waals surface area contributed by atoms with Gasteiger partial charge in [-0.15, -0.1) is 0 Å². The Hall–Kier alpha value is -2.38. The maximum Gasteiger partial charge on any atom is 0.407 e. The predicted octanol–water partition coefficient (Wildman–Crippen LogP) is 3.96. The number of aromatic nitrogens is 1. The van der Waals surface area contributed by atoms with Crippen molar-refractivity contribution >= 4 is 17.7 Å². The van der Waals surface area contributed by atoms with Gasteiger partial charge in [0.25, 0.3) is 0 Å². The van der Waals surface area contributed by atoms with Crippen LogP contribution in [0.25, 0.3) is 0 Å². The van der Waals surface area contributed by atoms with Crippen molar-refractivity contribution in [2.75, 3.05) is 11.9 Å². The minimum absolute atomic E-state index is 0.0665. The number of amides is 1. The number of alkyl carbamates (subject to hydrolysis) is 1. The second-order valence-corrected chi connectivity index (χ2v) is 8.29. The molecule has 162 valence electrons. The number of hydrogen-bond donors (Lipinski definition) is 2. The van der Waals surface area contributed by atoms with Crippen molar-refractivity contribution < 1.29 is 23.5 Å². The van der Waals surface area contributed by atoms with Gasteiger partial charge in [-0.2, -0.15) is 0 Å². The van der Waals surface area contributed by atoms with Gasteiger partial charge < -0.3 is 20.1 Å². The normalized spacial score (nSPS) is 19.3. The second kappa shape index (κ2) is 10.4. The number of ether oxygens (including phenoxy) is 2. The highest BCUT2D eigenvalue weighted by molar-refractivity contribution is 5.70. The van der Waals surface area contributed by atoms with Crippen LogP contribution in [0.15, 0.2) is 12.3 Å². The van der Waals surface area contributed by atoms with Crippen molar-refractivity contribution in [2.45, 2.75) is 83.9 Å². The number of aryl methyl sites for hydroxylation is 1. The largest absolute Gasteiger partial charge is 0.466 e. The van der Waals surface area contributed by atoms with Gasteiger partial charge in [0.15, 0.2) is 0 Å². The molecule has 1 aliphatic rings. The molecule has 0 bridgehead atoms. The molecule has 7 nitrogen and oxygen atoms in total. The number of carbonyl (C=O) groups is 2. The van der Waals surface area contributed by atoms with E-state index < -0.39 is 17.5 Å². The Labute approximate surface area is 171 Å². The molecule has 8 heteroatoms. The van der Waals surface area contributed by atoms with Crippen LogP contribution in [0.1, 0.15) is 65.5 Å². The lowest BCUT2D eigenvalue weighted by Gasteiger charge is -2.31. The average molecular weight is 410 g/mol. The van der Waals surface area contributed by atoms with Gasteiger partial charge in [-0.3, -0.25) is 9.78 Å². The summed E-state index contributed by atoms with van der Waals surface area (Å²) in [6, 6.07) is 1.63. The Morgan fingerprint density at radius 1 is 1.21 bits per heavy atom. The van der Waals surface area contributed by atoms with E-state index in [1.54, 1.807) is 6.92 Å². The van der Waals surface area contributed by atoms with Crippen molar-refractivity contribution in [2.24, 2.45) is 0 Å². The van der Waals surface area contributed by atoms with E-state index in [1.807, 2.05) is 20.8 Å². The number of rotatable bonds is 7. The first-order chi connectivity index (χ1) is 13.7. The number of nitrogens with one attached hydrogen (secondary N) is 2. The van der Waals surface area contributed by atoms with Gasteiger partial charge in [-0.05, 0) is 53.4 Å². The van der Waals surface area contributed by atoms with E-state index in [1.165, 1.54) is 6.07 Å². The van der Waals surface area contributed by atoms with Crippen LogP contribution in [-0.4, -0.2) is 41.3 Å². The average Bonchev–Trinajstić information content (AvgIpc) is 2.61. The van der Waals surface area contributed by atoms with Crippen molar-refractivity contribution in [3.8, 4) is 0 Å². The molecule has 1 amide bonds. The number of esters is 1. The zero-order chi connectivity index (χ0) is 21.4. The van der Waals surface area contributed by atoms with E-state index >= 15 is 0 Å². The molecule has 2 rings (SSSR count). The van der Waals surface area contributed by atoms with Crippen molar-refractivity contribution in [3.63, 3.8) is 0 Å². The fraction of sp³-hybridized carbons (Fsp3) is 0.667. The molecule has 0 radical (unpaired) electrons. The smallest absolute Gasteiger partial charge is 0.407 e. The molecule has 29 heavy (non-hydrogen) atoms. The molecule has 1 aromatic heterocycles. The highest BCUT2D eigenvalue weighted by Gasteiger charge is 2.25. The van der Waals surface area contributed by atoms with Gasteiger partial charge in [0.2, 0.25) is 0 Å². The third kappa shape index (κ3) is 8.25. The van der Waals surface area contributed by atoms with E-state index in [0.717, 1.165) is 31.9 Å². The number of anilines is 1. The Balaban J connectivity index is 1.87. The summed E-state index contributed by atoms with van der Waals surface area (Å²) in [5.74, 6) is -0.717. The molecule has 0 saturated heterocycles. The Morgan fingerprint density at radius 3 is 2.48 bits per heavy atom. The van der Waals surface area contributed by atoms with Crippen LogP contribution in [0.4, 0.5) is 14.9 Å². The monoisotopic (exact) mass is 409 g/mol. The van der Waals surface area contributed by atoms with Crippen molar-refractivity contribution in [3.05, 3.63) is 23.8 Å². The Bertz CT molecular complexity index is 698. The molecule has 0 unspecified atom stereocenters. The van der Waals surface area contributed by atoms with Gasteiger partial charge in [-0.25, -0.2) is 9.18 Å². The van der Waals surface area contributed by atoms with Crippen LogP contribution < -0.4 is 10.6 Å². The molecule has 0 aromatic carbocycles. The highest BCUT2D eigenvalue weighted by Crippen LogP contribution is 2.25. The van der Waals surface area contributed by atoms with Gasteiger partial charge in [0, 0.05) is 24.6 Å². The molecule has 1 heterocycles. The summed E-state index contributed by atoms with van der Waals surface area (Å²) in [4.78, 5) is 27.7. The van der Waals surface area contributed by atoms with Crippen LogP contribution in [0.3, 0.4) is 0 Å². The standard InChI is InChI=1S/C21H32FN3O4/c1-5-28-19(26)11-10-17-18(12-14(22)13-23-17)24-15-6-8-16(9-7-15)25-20(27)29-21(2,3)4/h12-13,15-16,24H,5-11H2,1-4H3,(H,25,27). The number of halogens is 1. The lowest BCUT2D eigenvalue weighted by atomic mass is 9.91. The van der Waals surface area contributed by atoms with Crippen molar-refractivity contribution in [1.82, 2.24) is 10.3 Å². The first-order valence-corrected chi connectivity index (χ1v) is 10.2. The SMILES string of the molecule is CCOC(=O)CCc1ncc(F)cc1NC1CCC(NC(=O)OC(C)(C)C)CC1. The molecular weight excluding hydrogens is 377 g/mol. The number of hydrogen-bond acceptors (Lipinski definition) is 6. The Morgan fingerprint density at radius 2 is 1.86 bits per heavy atom. The lowest BCUT2D eigenvalue weighted by Crippen LogP contribution is -2.42. The molecule has 1 saturated carbocycles. The van der Waals surface area contributed by atoms with Crippen LogP contribution in [-0.2, 0) is 20.7 Å². The maximum atomic E-state index is 13.7. The van der Waals surface area contributed by atoms with Crippen LogP contribution in [0.5, 0.6) is 0 Å². The van der Waals surface area contributed by atoms with Crippen molar-refractivity contribution in [1.29, 1.82) is 0 Å². The van der Waals surface area contributed by atoms with Crippen LogP contribution >= 0.6 is 0 Å². The van der Waals surface area contributed by atoms with Crippen LogP contribution in [0, 0.1) is 5.82 Å². The summed E-state index contributed by atoms with van der Waals surface area (Å²) in [5.41, 5.74) is 0.735. The lowest BCUT2D eigenvalue weighted by molar-refractivity contribution is -0.143.